The van der Waals surface area contributed by atoms with Crippen molar-refractivity contribution in [2.24, 2.45) is 5.92 Å². The molecule has 166 valence electrons. The molecule has 10 nitrogen and oxygen atoms in total. The van der Waals surface area contributed by atoms with Crippen LogP contribution >= 0.6 is 0 Å². The van der Waals surface area contributed by atoms with Crippen molar-refractivity contribution in [1.82, 2.24) is 19.9 Å². The van der Waals surface area contributed by atoms with Crippen molar-refractivity contribution < 1.29 is 19.5 Å². The highest BCUT2D eigenvalue weighted by molar-refractivity contribution is 5.98. The standard InChI is InChI=1S/C22H23N5O5/c1-12(28)2-6-15(21(31)32)10-17(29)14-7-3-13(4-8-14)5-9-16-11-24-18-19(25-16)26-22(23)27-20(18)30/h3-4,7-8,11,15H,2,5-6,9-10H2,1H3,(H,31,32)(H3,23,25,26,27,30)/t15-/m1/s1. The normalized spacial score (nSPS) is 11.9. The highest BCUT2D eigenvalue weighted by atomic mass is 16.4. The van der Waals surface area contributed by atoms with Crippen LogP contribution in [0.4, 0.5) is 5.95 Å². The van der Waals surface area contributed by atoms with E-state index in [4.69, 9.17) is 5.73 Å². The third-order valence-electron chi connectivity index (χ3n) is 5.06. The van der Waals surface area contributed by atoms with Crippen molar-refractivity contribution in [2.45, 2.75) is 39.0 Å². The van der Waals surface area contributed by atoms with Gasteiger partial charge in [0.15, 0.2) is 16.9 Å². The van der Waals surface area contributed by atoms with Gasteiger partial charge in [0, 0.05) is 24.6 Å². The molecule has 0 bridgehead atoms. The van der Waals surface area contributed by atoms with Gasteiger partial charge in [-0.2, -0.15) is 4.98 Å². The second-order valence-electron chi connectivity index (χ2n) is 7.58. The van der Waals surface area contributed by atoms with Crippen LogP contribution < -0.4 is 11.3 Å². The van der Waals surface area contributed by atoms with Crippen molar-refractivity contribution >= 4 is 34.6 Å². The molecule has 0 radical (unpaired) electrons. The molecule has 0 amide bonds. The van der Waals surface area contributed by atoms with Crippen LogP contribution in [-0.2, 0) is 22.4 Å². The van der Waals surface area contributed by atoms with Gasteiger partial charge in [-0.15, -0.1) is 0 Å². The van der Waals surface area contributed by atoms with E-state index in [2.05, 4.69) is 19.9 Å². The molecule has 4 N–H and O–H groups in total. The van der Waals surface area contributed by atoms with Gasteiger partial charge in [-0.05, 0) is 31.7 Å². The molecule has 2 aromatic heterocycles. The lowest BCUT2D eigenvalue weighted by Gasteiger charge is -2.11. The number of aromatic nitrogens is 4. The quantitative estimate of drug-likeness (QED) is 0.400. The number of fused-ring (bicyclic) bond motifs is 1. The molecule has 0 spiro atoms. The van der Waals surface area contributed by atoms with E-state index in [1.165, 1.54) is 13.1 Å². The number of ketones is 2. The van der Waals surface area contributed by atoms with Gasteiger partial charge in [-0.25, -0.2) is 9.97 Å². The Hall–Kier alpha value is -3.95. The van der Waals surface area contributed by atoms with Crippen LogP contribution in [0, 0.1) is 5.92 Å². The molecule has 0 unspecified atom stereocenters. The fourth-order valence-corrected chi connectivity index (χ4v) is 3.25. The Morgan fingerprint density at radius 2 is 1.84 bits per heavy atom. The summed E-state index contributed by atoms with van der Waals surface area (Å²) in [6.45, 7) is 1.40. The second-order valence-corrected chi connectivity index (χ2v) is 7.58. The topological polar surface area (TPSA) is 169 Å². The molecule has 0 aliphatic carbocycles. The average Bonchev–Trinajstić information content (AvgIpc) is 2.74. The number of aryl methyl sites for hydroxylation is 2. The number of carbonyl (C=O) groups excluding carboxylic acids is 2. The molecule has 2 heterocycles. The number of H-pyrrole nitrogens is 1. The monoisotopic (exact) mass is 437 g/mol. The number of carbonyl (C=O) groups is 3. The lowest BCUT2D eigenvalue weighted by molar-refractivity contribution is -0.142. The van der Waals surface area contributed by atoms with Crippen LogP contribution in [-0.4, -0.2) is 42.6 Å². The van der Waals surface area contributed by atoms with Gasteiger partial charge in [-0.3, -0.25) is 19.4 Å². The predicted molar refractivity (Wildman–Crippen MR) is 116 cm³/mol. The van der Waals surface area contributed by atoms with E-state index < -0.39 is 17.4 Å². The zero-order valence-electron chi connectivity index (χ0n) is 17.5. The summed E-state index contributed by atoms with van der Waals surface area (Å²) in [5, 5.41) is 9.30. The molecule has 0 saturated carbocycles. The van der Waals surface area contributed by atoms with Crippen molar-refractivity contribution in [3.05, 3.63) is 57.6 Å². The second kappa shape index (κ2) is 9.90. The molecule has 0 saturated heterocycles. The van der Waals surface area contributed by atoms with Crippen molar-refractivity contribution in [3.63, 3.8) is 0 Å². The SMILES string of the molecule is CC(=O)CC[C@H](CC(=O)c1ccc(CCc2cnc3c(=O)[nH]c(N)nc3n2)cc1)C(=O)O. The van der Waals surface area contributed by atoms with Crippen LogP contribution in [0.3, 0.4) is 0 Å². The Bertz CT molecular complexity index is 1220. The van der Waals surface area contributed by atoms with Gasteiger partial charge in [-0.1, -0.05) is 24.3 Å². The van der Waals surface area contributed by atoms with E-state index >= 15 is 0 Å². The Balaban J connectivity index is 1.62. The smallest absolute Gasteiger partial charge is 0.306 e. The van der Waals surface area contributed by atoms with Gasteiger partial charge >= 0.3 is 5.97 Å². The number of carboxylic acid groups (broad SMARTS) is 1. The number of anilines is 1. The highest BCUT2D eigenvalue weighted by Gasteiger charge is 2.22. The van der Waals surface area contributed by atoms with Gasteiger partial charge in [0.2, 0.25) is 5.95 Å². The van der Waals surface area contributed by atoms with Crippen molar-refractivity contribution in [1.29, 1.82) is 0 Å². The predicted octanol–water partition coefficient (Wildman–Crippen LogP) is 1.72. The Morgan fingerprint density at radius 3 is 2.50 bits per heavy atom. The average molecular weight is 437 g/mol. The molecular formula is C22H23N5O5. The summed E-state index contributed by atoms with van der Waals surface area (Å²) in [6, 6.07) is 6.92. The summed E-state index contributed by atoms with van der Waals surface area (Å²) in [5.41, 5.74) is 7.42. The summed E-state index contributed by atoms with van der Waals surface area (Å²) < 4.78 is 0. The summed E-state index contributed by atoms with van der Waals surface area (Å²) in [4.78, 5) is 61.5. The maximum absolute atomic E-state index is 12.5. The Labute approximate surface area is 182 Å². The number of rotatable bonds is 10. The van der Waals surface area contributed by atoms with E-state index in [-0.39, 0.29) is 47.9 Å². The van der Waals surface area contributed by atoms with Gasteiger partial charge in [0.25, 0.3) is 5.56 Å². The van der Waals surface area contributed by atoms with E-state index in [9.17, 15) is 24.3 Å². The zero-order valence-corrected chi connectivity index (χ0v) is 17.5. The molecule has 3 rings (SSSR count). The largest absolute Gasteiger partial charge is 0.481 e. The maximum Gasteiger partial charge on any atom is 0.306 e. The molecule has 3 aromatic rings. The number of nitrogens with one attached hydrogen (secondary N) is 1. The van der Waals surface area contributed by atoms with E-state index in [0.717, 1.165) is 5.56 Å². The van der Waals surface area contributed by atoms with Crippen molar-refractivity contribution in [3.8, 4) is 0 Å². The minimum Gasteiger partial charge on any atom is -0.481 e. The number of hydrogen-bond acceptors (Lipinski definition) is 8. The molecule has 32 heavy (non-hydrogen) atoms. The van der Waals surface area contributed by atoms with Crippen LogP contribution in [0.25, 0.3) is 11.2 Å². The first-order chi connectivity index (χ1) is 15.2. The van der Waals surface area contributed by atoms with E-state index in [0.29, 0.717) is 24.1 Å². The lowest BCUT2D eigenvalue weighted by Crippen LogP contribution is -2.19. The third kappa shape index (κ3) is 5.81. The summed E-state index contributed by atoms with van der Waals surface area (Å²) >= 11 is 0. The van der Waals surface area contributed by atoms with Crippen LogP contribution in [0.5, 0.6) is 0 Å². The van der Waals surface area contributed by atoms with Crippen LogP contribution in [0.15, 0.2) is 35.3 Å². The van der Waals surface area contributed by atoms with Crippen LogP contribution in [0.2, 0.25) is 0 Å². The number of nitrogens with zero attached hydrogens (tertiary/aromatic N) is 3. The first-order valence-corrected chi connectivity index (χ1v) is 10.1. The molecular weight excluding hydrogens is 414 g/mol. The van der Waals surface area contributed by atoms with E-state index in [1.807, 2.05) is 0 Å². The van der Waals surface area contributed by atoms with E-state index in [1.54, 1.807) is 24.3 Å². The Kier molecular flexibility index (Phi) is 7.04. The fraction of sp³-hybridized carbons (Fsp3) is 0.318. The molecule has 0 aliphatic rings. The highest BCUT2D eigenvalue weighted by Crippen LogP contribution is 2.17. The first-order valence-electron chi connectivity index (χ1n) is 10.1. The van der Waals surface area contributed by atoms with Gasteiger partial charge < -0.3 is 15.6 Å². The summed E-state index contributed by atoms with van der Waals surface area (Å²) in [7, 11) is 0. The Morgan fingerprint density at radius 1 is 1.12 bits per heavy atom. The molecule has 0 aliphatic heterocycles. The summed E-state index contributed by atoms with van der Waals surface area (Å²) in [5.74, 6) is -2.36. The minimum atomic E-state index is -1.08. The van der Waals surface area contributed by atoms with Crippen LogP contribution in [0.1, 0.15) is 47.8 Å². The maximum atomic E-state index is 12.5. The fourth-order valence-electron chi connectivity index (χ4n) is 3.25. The van der Waals surface area contributed by atoms with Gasteiger partial charge in [0.05, 0.1) is 11.6 Å². The number of nitrogens with two attached hydrogens (primary N) is 1. The number of benzene rings is 1. The van der Waals surface area contributed by atoms with Crippen molar-refractivity contribution in [2.75, 3.05) is 5.73 Å². The number of aliphatic carboxylic acids is 1. The number of Topliss-reactive ketones (excluding diaryl/α,β-unsaturated/α-hetero) is 2. The first kappa shape index (κ1) is 22.7. The number of nitrogen functional groups attached to an aromatic ring is 1. The molecule has 0 fully saturated rings. The molecule has 10 heteroatoms. The number of hydrogen-bond donors (Lipinski definition) is 3. The number of aromatic amines is 1. The summed E-state index contributed by atoms with van der Waals surface area (Å²) in [6.07, 6.45) is 2.80. The number of carboxylic acids is 1. The zero-order chi connectivity index (χ0) is 23.3. The van der Waals surface area contributed by atoms with Gasteiger partial charge in [0.1, 0.15) is 5.78 Å². The lowest BCUT2D eigenvalue weighted by atomic mass is 9.93. The molecule has 1 atom stereocenters. The minimum absolute atomic E-state index is 0.0272. The third-order valence-corrected chi connectivity index (χ3v) is 5.06. The molecule has 1 aromatic carbocycles.